The molecule has 1 aromatic carbocycles. The molecule has 5 nitrogen and oxygen atoms in total. The number of aliphatic hydroxyl groups excluding tert-OH is 1. The van der Waals surface area contributed by atoms with E-state index in [1.54, 1.807) is 0 Å². The van der Waals surface area contributed by atoms with E-state index in [0.29, 0.717) is 19.8 Å². The Hall–Kier alpha value is -1.40. The number of hydrogen-bond donors (Lipinski definition) is 2. The number of nitrogens with zero attached hydrogens (tertiary/aromatic N) is 1. The van der Waals surface area contributed by atoms with Crippen molar-refractivity contribution in [2.75, 3.05) is 32.8 Å². The molecule has 2 aliphatic heterocycles. The number of fused-ring (bicyclic) bond motifs is 1. The quantitative estimate of drug-likeness (QED) is 0.911. The molecule has 2 saturated heterocycles. The molecule has 0 unspecified atom stereocenters. The Morgan fingerprint density at radius 2 is 1.91 bits per heavy atom. The molecular weight excluding hydrogens is 280 g/mol. The van der Waals surface area contributed by atoms with Crippen molar-refractivity contribution in [3.05, 3.63) is 36.0 Å². The highest BCUT2D eigenvalue weighted by Gasteiger charge is 2.40. The van der Waals surface area contributed by atoms with Gasteiger partial charge in [-0.15, -0.1) is 0 Å². The summed E-state index contributed by atoms with van der Waals surface area (Å²) in [7, 11) is 0. The maximum atomic E-state index is 10.6. The molecule has 0 bridgehead atoms. The molecule has 1 aromatic heterocycles. The molecule has 2 aromatic rings. The molecule has 0 saturated carbocycles. The minimum Gasteiger partial charge on any atom is -0.387 e. The van der Waals surface area contributed by atoms with Gasteiger partial charge < -0.3 is 24.5 Å². The molecule has 118 valence electrons. The van der Waals surface area contributed by atoms with E-state index in [9.17, 15) is 5.11 Å². The second-order valence-corrected chi connectivity index (χ2v) is 6.21. The van der Waals surface area contributed by atoms with Gasteiger partial charge in [-0.2, -0.15) is 0 Å². The lowest BCUT2D eigenvalue weighted by Crippen LogP contribution is -2.46. The zero-order chi connectivity index (χ0) is 15.0. The number of rotatable bonds is 3. The summed E-state index contributed by atoms with van der Waals surface area (Å²) < 4.78 is 11.5. The van der Waals surface area contributed by atoms with Gasteiger partial charge in [-0.05, 0) is 6.07 Å². The summed E-state index contributed by atoms with van der Waals surface area (Å²) in [4.78, 5) is 5.52. The predicted octanol–water partition coefficient (Wildman–Crippen LogP) is 2.04. The van der Waals surface area contributed by atoms with Crippen molar-refractivity contribution >= 4 is 10.9 Å². The van der Waals surface area contributed by atoms with Crippen LogP contribution in [0.5, 0.6) is 0 Å². The summed E-state index contributed by atoms with van der Waals surface area (Å²) in [5.74, 6) is -0.345. The van der Waals surface area contributed by atoms with Crippen molar-refractivity contribution in [1.29, 1.82) is 0 Å². The Morgan fingerprint density at radius 1 is 1.18 bits per heavy atom. The van der Waals surface area contributed by atoms with Crippen LogP contribution in [-0.2, 0) is 9.47 Å². The van der Waals surface area contributed by atoms with Crippen molar-refractivity contribution in [1.82, 2.24) is 9.88 Å². The maximum absolute atomic E-state index is 10.6. The highest BCUT2D eigenvalue weighted by Crippen LogP contribution is 2.32. The second-order valence-electron chi connectivity index (χ2n) is 6.21. The maximum Gasteiger partial charge on any atom is 0.170 e. The van der Waals surface area contributed by atoms with Crippen LogP contribution in [-0.4, -0.2) is 53.6 Å². The fourth-order valence-electron chi connectivity index (χ4n) is 3.57. The van der Waals surface area contributed by atoms with E-state index in [-0.39, 0.29) is 5.79 Å². The molecule has 22 heavy (non-hydrogen) atoms. The van der Waals surface area contributed by atoms with Crippen molar-refractivity contribution in [3.63, 3.8) is 0 Å². The number of aliphatic hydroxyl groups is 1. The number of β-amino-alcohol motifs (C(OH)–C–C–N with tert-alkyl or cyclic N) is 1. The van der Waals surface area contributed by atoms with Crippen molar-refractivity contribution in [2.24, 2.45) is 0 Å². The van der Waals surface area contributed by atoms with Crippen LogP contribution in [0.15, 0.2) is 30.5 Å². The van der Waals surface area contributed by atoms with E-state index >= 15 is 0 Å². The lowest BCUT2D eigenvalue weighted by molar-refractivity contribution is -0.186. The predicted molar refractivity (Wildman–Crippen MR) is 83.6 cm³/mol. The molecule has 0 amide bonds. The lowest BCUT2D eigenvalue weighted by atomic mass is 10.0. The molecule has 0 radical (unpaired) electrons. The minimum absolute atomic E-state index is 0.345. The average Bonchev–Trinajstić information content (AvgIpc) is 3.17. The molecule has 2 aliphatic rings. The van der Waals surface area contributed by atoms with Gasteiger partial charge in [-0.1, -0.05) is 18.2 Å². The van der Waals surface area contributed by atoms with E-state index in [1.807, 2.05) is 24.4 Å². The van der Waals surface area contributed by atoms with Crippen molar-refractivity contribution < 1.29 is 14.6 Å². The van der Waals surface area contributed by atoms with Crippen LogP contribution in [0.25, 0.3) is 10.9 Å². The fourth-order valence-corrected chi connectivity index (χ4v) is 3.57. The number of nitrogens with one attached hydrogen (secondary N) is 1. The fraction of sp³-hybridized carbons (Fsp3) is 0.529. The Balaban J connectivity index is 1.41. The van der Waals surface area contributed by atoms with Crippen LogP contribution in [0.2, 0.25) is 0 Å². The first-order valence-corrected chi connectivity index (χ1v) is 8.00. The first-order chi connectivity index (χ1) is 10.8. The topological polar surface area (TPSA) is 57.7 Å². The highest BCUT2D eigenvalue weighted by molar-refractivity contribution is 5.83. The number of para-hydroxylation sites is 1. The third-order valence-electron chi connectivity index (χ3n) is 4.84. The van der Waals surface area contributed by atoms with E-state index in [4.69, 9.17) is 9.47 Å². The molecule has 2 fully saturated rings. The number of aromatic nitrogens is 1. The van der Waals surface area contributed by atoms with Gasteiger partial charge in [0.2, 0.25) is 0 Å². The molecule has 0 aliphatic carbocycles. The number of aromatic amines is 1. The molecule has 5 heteroatoms. The number of ether oxygens (including phenoxy) is 2. The first kappa shape index (κ1) is 14.2. The van der Waals surface area contributed by atoms with E-state index in [1.165, 1.54) is 0 Å². The van der Waals surface area contributed by atoms with Gasteiger partial charge in [-0.25, -0.2) is 0 Å². The number of hydrogen-bond acceptors (Lipinski definition) is 4. The second kappa shape index (κ2) is 5.66. The zero-order valence-electron chi connectivity index (χ0n) is 12.6. The first-order valence-electron chi connectivity index (χ1n) is 8.00. The highest BCUT2D eigenvalue weighted by atomic mass is 16.7. The van der Waals surface area contributed by atoms with Gasteiger partial charge in [0, 0.05) is 55.1 Å². The van der Waals surface area contributed by atoms with Crippen LogP contribution in [0.1, 0.15) is 24.5 Å². The Kier molecular flexibility index (Phi) is 3.66. The van der Waals surface area contributed by atoms with Gasteiger partial charge in [0.05, 0.1) is 19.3 Å². The molecule has 2 N–H and O–H groups in total. The van der Waals surface area contributed by atoms with E-state index in [0.717, 1.165) is 42.4 Å². The third-order valence-corrected chi connectivity index (χ3v) is 4.84. The van der Waals surface area contributed by atoms with Gasteiger partial charge in [0.25, 0.3) is 0 Å². The molecule has 4 rings (SSSR count). The minimum atomic E-state index is -0.476. The Morgan fingerprint density at radius 3 is 2.68 bits per heavy atom. The monoisotopic (exact) mass is 302 g/mol. The molecule has 1 atom stereocenters. The summed E-state index contributed by atoms with van der Waals surface area (Å²) in [6.07, 6.45) is 3.21. The summed E-state index contributed by atoms with van der Waals surface area (Å²) in [5.41, 5.74) is 2.05. The summed E-state index contributed by atoms with van der Waals surface area (Å²) in [6, 6.07) is 8.09. The Bertz CT molecular complexity index is 638. The standard InChI is InChI=1S/C17H22N2O3/c20-16(14-11-18-15-4-2-1-3-13(14)15)12-19-7-5-17(6-8-19)21-9-10-22-17/h1-4,11,16,18,20H,5-10,12H2/t16-/m0/s1. The smallest absolute Gasteiger partial charge is 0.170 e. The number of H-pyrrole nitrogens is 1. The van der Waals surface area contributed by atoms with Crippen LogP contribution in [0.4, 0.5) is 0 Å². The van der Waals surface area contributed by atoms with Crippen LogP contribution in [0.3, 0.4) is 0 Å². The Labute approximate surface area is 129 Å². The molecular formula is C17H22N2O3. The summed E-state index contributed by atoms with van der Waals surface area (Å²) in [6.45, 7) is 3.87. The van der Waals surface area contributed by atoms with Gasteiger partial charge >= 0.3 is 0 Å². The van der Waals surface area contributed by atoms with Gasteiger partial charge in [0.15, 0.2) is 5.79 Å². The lowest BCUT2D eigenvalue weighted by Gasteiger charge is -2.38. The number of benzene rings is 1. The zero-order valence-corrected chi connectivity index (χ0v) is 12.6. The van der Waals surface area contributed by atoms with Crippen LogP contribution in [0, 0.1) is 0 Å². The number of piperidine rings is 1. The number of likely N-dealkylation sites (tertiary alicyclic amines) is 1. The van der Waals surface area contributed by atoms with E-state index < -0.39 is 6.10 Å². The summed E-state index contributed by atoms with van der Waals surface area (Å²) in [5, 5.41) is 11.7. The molecule has 3 heterocycles. The van der Waals surface area contributed by atoms with Gasteiger partial charge in [0.1, 0.15) is 0 Å². The van der Waals surface area contributed by atoms with Crippen LogP contribution >= 0.6 is 0 Å². The SMILES string of the molecule is O[C@@H](CN1CCC2(CC1)OCCO2)c1c[nH]c2ccccc12. The van der Waals surface area contributed by atoms with E-state index in [2.05, 4.69) is 16.0 Å². The summed E-state index contributed by atoms with van der Waals surface area (Å²) >= 11 is 0. The van der Waals surface area contributed by atoms with Gasteiger partial charge in [-0.3, -0.25) is 0 Å². The third kappa shape index (κ3) is 2.54. The van der Waals surface area contributed by atoms with Crippen LogP contribution < -0.4 is 0 Å². The average molecular weight is 302 g/mol. The van der Waals surface area contributed by atoms with Crippen molar-refractivity contribution in [3.8, 4) is 0 Å². The van der Waals surface area contributed by atoms with Crippen molar-refractivity contribution in [2.45, 2.75) is 24.7 Å². The largest absolute Gasteiger partial charge is 0.387 e. The molecule has 1 spiro atoms. The normalized spacial score (nSPS) is 23.3.